The Bertz CT molecular complexity index is 305. The highest BCUT2D eigenvalue weighted by Gasteiger charge is 2.66. The summed E-state index contributed by atoms with van der Waals surface area (Å²) in [7, 11) is 0. The molecule has 6 atom stereocenters. The molecule has 0 aromatic rings. The van der Waals surface area contributed by atoms with E-state index in [1.54, 1.807) is 0 Å². The van der Waals surface area contributed by atoms with Gasteiger partial charge in [-0.25, -0.2) is 0 Å². The summed E-state index contributed by atoms with van der Waals surface area (Å²) < 4.78 is 5.46. The lowest BCUT2D eigenvalue weighted by molar-refractivity contribution is -0.128. The van der Waals surface area contributed by atoms with Crippen LogP contribution in [-0.4, -0.2) is 34.8 Å². The molecule has 0 spiro atoms. The van der Waals surface area contributed by atoms with Gasteiger partial charge in [0.15, 0.2) is 0 Å². The van der Waals surface area contributed by atoms with Crippen molar-refractivity contribution in [3.05, 3.63) is 0 Å². The second-order valence-electron chi connectivity index (χ2n) is 3.86. The second-order valence-corrected chi connectivity index (χ2v) is 4.87. The van der Waals surface area contributed by atoms with Gasteiger partial charge in [-0.05, 0) is 0 Å². The third-order valence-electron chi connectivity index (χ3n) is 3.19. The largest absolute Gasteiger partial charge is 0.370 e. The summed E-state index contributed by atoms with van der Waals surface area (Å²) in [4.78, 5) is 22.8. The van der Waals surface area contributed by atoms with E-state index >= 15 is 0 Å². The van der Waals surface area contributed by atoms with Gasteiger partial charge in [0.1, 0.15) is 0 Å². The lowest BCUT2D eigenvalue weighted by Crippen LogP contribution is -2.42. The zero-order chi connectivity index (χ0) is 10.0. The van der Waals surface area contributed by atoms with Crippen LogP contribution in [0.5, 0.6) is 0 Å². The molecule has 0 radical (unpaired) electrons. The van der Waals surface area contributed by atoms with Crippen LogP contribution in [0.1, 0.15) is 0 Å². The molecule has 3 rings (SSSR count). The Morgan fingerprint density at radius 2 is 1.43 bits per heavy atom. The molecular weight excluding hydrogens is 229 g/mol. The van der Waals surface area contributed by atoms with E-state index in [0.717, 1.165) is 0 Å². The number of carbonyl (C=O) groups excluding carboxylic acids is 2. The Hall–Kier alpha value is -0.320. The minimum absolute atomic E-state index is 0.276. The molecule has 3 aliphatic rings. The Labute approximate surface area is 89.9 Å². The molecule has 1 N–H and O–H groups in total. The minimum atomic E-state index is -0.426. The molecule has 6 heteroatoms. The number of ether oxygens (including phenoxy) is 1. The fraction of sp³-hybridized carbons (Fsp3) is 0.750. The number of carbonyl (C=O) groups is 2. The van der Waals surface area contributed by atoms with Gasteiger partial charge < -0.3 is 4.74 Å². The van der Waals surface area contributed by atoms with Crippen molar-refractivity contribution in [3.63, 3.8) is 0 Å². The van der Waals surface area contributed by atoms with Crippen LogP contribution in [0.15, 0.2) is 0 Å². The molecule has 3 saturated heterocycles. The summed E-state index contributed by atoms with van der Waals surface area (Å²) in [6.45, 7) is 0. The van der Waals surface area contributed by atoms with Gasteiger partial charge >= 0.3 is 0 Å². The number of alkyl halides is 2. The van der Waals surface area contributed by atoms with Crippen molar-refractivity contribution in [1.82, 2.24) is 5.32 Å². The fourth-order valence-electron chi connectivity index (χ4n) is 2.58. The lowest BCUT2D eigenvalue weighted by atomic mass is 9.80. The predicted molar refractivity (Wildman–Crippen MR) is 48.1 cm³/mol. The highest BCUT2D eigenvalue weighted by Crippen LogP contribution is 2.49. The maximum absolute atomic E-state index is 11.4. The molecule has 2 amide bonds. The maximum atomic E-state index is 11.4. The molecule has 3 heterocycles. The third-order valence-corrected chi connectivity index (χ3v) is 4.36. The van der Waals surface area contributed by atoms with E-state index in [0.29, 0.717) is 0 Å². The summed E-state index contributed by atoms with van der Waals surface area (Å²) in [5.41, 5.74) is 0. The number of fused-ring (bicyclic) bond motifs is 5. The standard InChI is InChI=1S/C8H7Cl2NO3/c9-3-4(10)6-2-1(5(3)14-6)7(12)11-8(2)13/h1-6H,(H,11,12,13)/t1-,2-,3-,4+,5-,6-/m1/s1. The lowest BCUT2D eigenvalue weighted by Gasteiger charge is -2.24. The summed E-state index contributed by atoms with van der Waals surface area (Å²) >= 11 is 12.0. The number of amides is 2. The average molecular weight is 236 g/mol. The van der Waals surface area contributed by atoms with Crippen molar-refractivity contribution in [1.29, 1.82) is 0 Å². The zero-order valence-electron chi connectivity index (χ0n) is 6.94. The molecule has 76 valence electrons. The van der Waals surface area contributed by atoms with E-state index < -0.39 is 24.0 Å². The van der Waals surface area contributed by atoms with Crippen molar-refractivity contribution < 1.29 is 14.3 Å². The monoisotopic (exact) mass is 235 g/mol. The van der Waals surface area contributed by atoms with Crippen LogP contribution >= 0.6 is 23.2 Å². The first-order chi connectivity index (χ1) is 6.61. The van der Waals surface area contributed by atoms with E-state index in [1.807, 2.05) is 0 Å². The zero-order valence-corrected chi connectivity index (χ0v) is 8.46. The summed E-state index contributed by atoms with van der Waals surface area (Å²) in [5.74, 6) is -1.40. The van der Waals surface area contributed by atoms with E-state index in [2.05, 4.69) is 5.32 Å². The van der Waals surface area contributed by atoms with Crippen molar-refractivity contribution in [2.24, 2.45) is 11.8 Å². The molecule has 3 fully saturated rings. The van der Waals surface area contributed by atoms with Crippen LogP contribution in [0.25, 0.3) is 0 Å². The second kappa shape index (κ2) is 2.62. The number of rotatable bonds is 0. The summed E-state index contributed by atoms with van der Waals surface area (Å²) in [6, 6.07) is 0. The van der Waals surface area contributed by atoms with Crippen LogP contribution in [0, 0.1) is 11.8 Å². The van der Waals surface area contributed by atoms with Gasteiger partial charge in [-0.1, -0.05) is 0 Å². The van der Waals surface area contributed by atoms with Crippen molar-refractivity contribution >= 4 is 35.0 Å². The van der Waals surface area contributed by atoms with Crippen molar-refractivity contribution in [2.45, 2.75) is 23.0 Å². The average Bonchev–Trinajstić information content (AvgIpc) is 2.71. The van der Waals surface area contributed by atoms with Gasteiger partial charge in [-0.3, -0.25) is 14.9 Å². The van der Waals surface area contributed by atoms with Gasteiger partial charge in [-0.2, -0.15) is 0 Å². The third kappa shape index (κ3) is 0.846. The van der Waals surface area contributed by atoms with Gasteiger partial charge in [0.25, 0.3) is 0 Å². The van der Waals surface area contributed by atoms with E-state index in [4.69, 9.17) is 27.9 Å². The van der Waals surface area contributed by atoms with E-state index in [-0.39, 0.29) is 22.6 Å². The van der Waals surface area contributed by atoms with Gasteiger partial charge in [0.2, 0.25) is 11.8 Å². The number of imide groups is 1. The molecule has 0 unspecified atom stereocenters. The molecule has 0 aromatic carbocycles. The van der Waals surface area contributed by atoms with Gasteiger partial charge in [-0.15, -0.1) is 23.2 Å². The first kappa shape index (κ1) is 8.95. The van der Waals surface area contributed by atoms with Gasteiger partial charge in [0.05, 0.1) is 34.8 Å². The Balaban J connectivity index is 2.01. The molecule has 14 heavy (non-hydrogen) atoms. The van der Waals surface area contributed by atoms with Crippen LogP contribution in [0.4, 0.5) is 0 Å². The van der Waals surface area contributed by atoms with E-state index in [1.165, 1.54) is 0 Å². The number of hydrogen-bond acceptors (Lipinski definition) is 3. The highest BCUT2D eigenvalue weighted by atomic mass is 35.5. The van der Waals surface area contributed by atoms with Gasteiger partial charge in [0, 0.05) is 0 Å². The Morgan fingerprint density at radius 1 is 1.00 bits per heavy atom. The smallest absolute Gasteiger partial charge is 0.233 e. The Morgan fingerprint density at radius 3 is 1.86 bits per heavy atom. The van der Waals surface area contributed by atoms with Crippen LogP contribution < -0.4 is 5.32 Å². The molecule has 0 aliphatic carbocycles. The molecule has 4 nitrogen and oxygen atoms in total. The molecule has 3 aliphatic heterocycles. The maximum Gasteiger partial charge on any atom is 0.233 e. The Kier molecular flexibility index (Phi) is 1.68. The number of hydrogen-bond donors (Lipinski definition) is 1. The first-order valence-electron chi connectivity index (χ1n) is 4.39. The molecule has 0 aromatic heterocycles. The topological polar surface area (TPSA) is 55.4 Å². The number of nitrogens with one attached hydrogen (secondary N) is 1. The molecule has 0 saturated carbocycles. The fourth-order valence-corrected chi connectivity index (χ4v) is 3.30. The van der Waals surface area contributed by atoms with Crippen LogP contribution in [0.3, 0.4) is 0 Å². The SMILES string of the molecule is O=C1NC(=O)[C@H]2[C@H]3O[C@@H]([C@H](Cl)[C@@H]3Cl)[C@H]12. The predicted octanol–water partition coefficient (Wildman–Crippen LogP) is -0.129. The minimum Gasteiger partial charge on any atom is -0.370 e. The summed E-state index contributed by atoms with van der Waals surface area (Å²) in [6.07, 6.45) is -0.804. The van der Waals surface area contributed by atoms with Crippen molar-refractivity contribution in [3.8, 4) is 0 Å². The first-order valence-corrected chi connectivity index (χ1v) is 5.27. The molecule has 2 bridgehead atoms. The van der Waals surface area contributed by atoms with Crippen LogP contribution in [-0.2, 0) is 14.3 Å². The van der Waals surface area contributed by atoms with Crippen molar-refractivity contribution in [2.75, 3.05) is 0 Å². The quantitative estimate of drug-likeness (QED) is 0.471. The van der Waals surface area contributed by atoms with E-state index in [9.17, 15) is 9.59 Å². The highest BCUT2D eigenvalue weighted by molar-refractivity contribution is 6.31. The van der Waals surface area contributed by atoms with Crippen LogP contribution in [0.2, 0.25) is 0 Å². The normalized spacial score (nSPS) is 55.0. The summed E-state index contributed by atoms with van der Waals surface area (Å²) in [5, 5.41) is 1.53. The molecular formula is C8H7Cl2NO3. The number of halogens is 2.